The third-order valence-corrected chi connectivity index (χ3v) is 3.90. The summed E-state index contributed by atoms with van der Waals surface area (Å²) in [6, 6.07) is 9.65. The van der Waals surface area contributed by atoms with Gasteiger partial charge in [-0.15, -0.1) is 27.1 Å². The molecule has 2 heterocycles. The summed E-state index contributed by atoms with van der Waals surface area (Å²) in [5, 5.41) is 12.1. The third-order valence-electron chi connectivity index (χ3n) is 3.26. The highest BCUT2D eigenvalue weighted by Crippen LogP contribution is 2.30. The minimum atomic E-state index is -4.67. The predicted molar refractivity (Wildman–Crippen MR) is 85.7 cm³/mol. The van der Waals surface area contributed by atoms with Crippen LogP contribution in [0.5, 0.6) is 5.75 Å². The van der Waals surface area contributed by atoms with Gasteiger partial charge in [0.25, 0.3) is 5.82 Å². The quantitative estimate of drug-likeness (QED) is 0.658. The molecule has 0 unspecified atom stereocenters. The molecule has 0 aliphatic rings. The lowest BCUT2D eigenvalue weighted by molar-refractivity contribution is -0.144. The van der Waals surface area contributed by atoms with Crippen molar-refractivity contribution in [2.75, 3.05) is 13.4 Å². The second-order valence-electron chi connectivity index (χ2n) is 4.83. The molecule has 0 bridgehead atoms. The van der Waals surface area contributed by atoms with Crippen molar-refractivity contribution in [1.82, 2.24) is 25.0 Å². The van der Waals surface area contributed by atoms with Crippen molar-refractivity contribution in [2.45, 2.75) is 11.2 Å². The van der Waals surface area contributed by atoms with Gasteiger partial charge in [-0.1, -0.05) is 0 Å². The van der Waals surface area contributed by atoms with Gasteiger partial charge in [0.1, 0.15) is 10.8 Å². The van der Waals surface area contributed by atoms with Crippen molar-refractivity contribution in [3.05, 3.63) is 42.2 Å². The molecule has 6 nitrogen and oxygen atoms in total. The van der Waals surface area contributed by atoms with Crippen LogP contribution in [0.25, 0.3) is 17.2 Å². The second-order valence-corrected chi connectivity index (χ2v) is 5.66. The smallest absolute Gasteiger partial charge is 0.453 e. The molecular weight excluding hydrogens is 355 g/mol. The SMILES string of the molecule is COc1ccc(-c2nc(C(F)(F)F)nn2-c2ccc(SC)nn2)cc1. The first kappa shape index (κ1) is 17.2. The molecule has 0 spiro atoms. The minimum Gasteiger partial charge on any atom is -0.497 e. The van der Waals surface area contributed by atoms with Crippen LogP contribution < -0.4 is 4.74 Å². The van der Waals surface area contributed by atoms with Gasteiger partial charge in [-0.3, -0.25) is 0 Å². The first-order valence-electron chi connectivity index (χ1n) is 6.99. The van der Waals surface area contributed by atoms with Gasteiger partial charge in [0.2, 0.25) is 0 Å². The van der Waals surface area contributed by atoms with E-state index in [0.29, 0.717) is 16.3 Å². The zero-order chi connectivity index (χ0) is 18.0. The number of nitrogens with zero attached hydrogens (tertiary/aromatic N) is 5. The van der Waals surface area contributed by atoms with Crippen molar-refractivity contribution in [1.29, 1.82) is 0 Å². The Balaban J connectivity index is 2.12. The van der Waals surface area contributed by atoms with E-state index in [0.717, 1.165) is 4.68 Å². The van der Waals surface area contributed by atoms with Crippen molar-refractivity contribution in [2.24, 2.45) is 0 Å². The van der Waals surface area contributed by atoms with Gasteiger partial charge in [0, 0.05) is 5.56 Å². The average Bonchev–Trinajstić information content (AvgIpc) is 3.07. The van der Waals surface area contributed by atoms with Crippen LogP contribution in [0.2, 0.25) is 0 Å². The lowest BCUT2D eigenvalue weighted by Gasteiger charge is -2.06. The molecule has 0 amide bonds. The Morgan fingerprint density at radius 2 is 1.76 bits per heavy atom. The number of hydrogen-bond donors (Lipinski definition) is 0. The molecule has 25 heavy (non-hydrogen) atoms. The van der Waals surface area contributed by atoms with Crippen LogP contribution in [0.4, 0.5) is 13.2 Å². The van der Waals surface area contributed by atoms with E-state index in [1.54, 1.807) is 36.4 Å². The van der Waals surface area contributed by atoms with E-state index in [1.165, 1.54) is 18.9 Å². The molecule has 0 aliphatic carbocycles. The first-order valence-corrected chi connectivity index (χ1v) is 8.21. The molecule has 0 fully saturated rings. The van der Waals surface area contributed by atoms with Gasteiger partial charge in [-0.25, -0.2) is 4.98 Å². The van der Waals surface area contributed by atoms with E-state index in [1.807, 2.05) is 6.26 Å². The second kappa shape index (κ2) is 6.71. The maximum absolute atomic E-state index is 13.1. The highest BCUT2D eigenvalue weighted by Gasteiger charge is 2.37. The fourth-order valence-electron chi connectivity index (χ4n) is 2.05. The van der Waals surface area contributed by atoms with E-state index < -0.39 is 12.0 Å². The summed E-state index contributed by atoms with van der Waals surface area (Å²) >= 11 is 1.37. The Morgan fingerprint density at radius 1 is 1.04 bits per heavy atom. The highest BCUT2D eigenvalue weighted by molar-refractivity contribution is 7.98. The molecule has 1 aromatic carbocycles. The predicted octanol–water partition coefficient (Wildman–Crippen LogP) is 3.47. The van der Waals surface area contributed by atoms with E-state index in [-0.39, 0.29) is 11.6 Å². The molecule has 3 rings (SSSR count). The number of aromatic nitrogens is 5. The maximum atomic E-state index is 13.1. The molecule has 0 saturated carbocycles. The fourth-order valence-corrected chi connectivity index (χ4v) is 2.38. The monoisotopic (exact) mass is 367 g/mol. The van der Waals surface area contributed by atoms with Gasteiger partial charge in [0.15, 0.2) is 11.6 Å². The Labute approximate surface area is 145 Å². The standard InChI is InChI=1S/C15H12F3N5OS/c1-24-10-5-3-9(4-6-10)13-19-14(15(16,17)18)22-23(13)11-7-8-12(25-2)21-20-11/h3-8H,1-2H3. The highest BCUT2D eigenvalue weighted by atomic mass is 32.2. The van der Waals surface area contributed by atoms with E-state index in [9.17, 15) is 13.2 Å². The van der Waals surface area contributed by atoms with Gasteiger partial charge in [0.05, 0.1) is 7.11 Å². The van der Waals surface area contributed by atoms with Crippen LogP contribution in [-0.4, -0.2) is 38.3 Å². The molecule has 0 N–H and O–H groups in total. The molecule has 2 aromatic heterocycles. The number of methoxy groups -OCH3 is 1. The molecule has 0 radical (unpaired) electrons. The largest absolute Gasteiger partial charge is 0.497 e. The van der Waals surface area contributed by atoms with Gasteiger partial charge in [-0.2, -0.15) is 17.9 Å². The molecular formula is C15H12F3N5OS. The van der Waals surface area contributed by atoms with Gasteiger partial charge >= 0.3 is 6.18 Å². The number of halogens is 3. The van der Waals surface area contributed by atoms with Gasteiger partial charge < -0.3 is 4.74 Å². The number of benzene rings is 1. The summed E-state index contributed by atoms with van der Waals surface area (Å²) < 4.78 is 45.2. The normalized spacial score (nSPS) is 11.6. The summed E-state index contributed by atoms with van der Waals surface area (Å²) in [6.45, 7) is 0. The number of hydrogen-bond acceptors (Lipinski definition) is 6. The Hall–Kier alpha value is -2.62. The topological polar surface area (TPSA) is 65.7 Å². The van der Waals surface area contributed by atoms with Crippen molar-refractivity contribution in [3.63, 3.8) is 0 Å². The maximum Gasteiger partial charge on any atom is 0.453 e. The summed E-state index contributed by atoms with van der Waals surface area (Å²) in [4.78, 5) is 3.64. The summed E-state index contributed by atoms with van der Waals surface area (Å²) in [5.74, 6) is -0.503. The summed E-state index contributed by atoms with van der Waals surface area (Å²) in [7, 11) is 1.50. The third kappa shape index (κ3) is 3.58. The molecule has 0 atom stereocenters. The fraction of sp³-hybridized carbons (Fsp3) is 0.200. The van der Waals surface area contributed by atoms with Crippen molar-refractivity contribution < 1.29 is 17.9 Å². The number of thioether (sulfide) groups is 1. The molecule has 0 aliphatic heterocycles. The van der Waals surface area contributed by atoms with Crippen molar-refractivity contribution in [3.8, 4) is 23.0 Å². The lowest BCUT2D eigenvalue weighted by atomic mass is 10.2. The van der Waals surface area contributed by atoms with Crippen LogP contribution in [-0.2, 0) is 6.18 Å². The molecule has 10 heteroatoms. The Morgan fingerprint density at radius 3 is 2.28 bits per heavy atom. The minimum absolute atomic E-state index is 0.0150. The van der Waals surface area contributed by atoms with Crippen LogP contribution in [0, 0.1) is 0 Å². The lowest BCUT2D eigenvalue weighted by Crippen LogP contribution is -2.09. The van der Waals surface area contributed by atoms with Crippen LogP contribution in [0.1, 0.15) is 5.82 Å². The van der Waals surface area contributed by atoms with E-state index in [2.05, 4.69) is 20.3 Å². The van der Waals surface area contributed by atoms with Crippen LogP contribution in [0.3, 0.4) is 0 Å². The summed E-state index contributed by atoms with van der Waals surface area (Å²) in [5.41, 5.74) is 0.444. The van der Waals surface area contributed by atoms with Crippen molar-refractivity contribution >= 4 is 11.8 Å². The zero-order valence-electron chi connectivity index (χ0n) is 13.2. The number of alkyl halides is 3. The van der Waals surface area contributed by atoms with Crippen LogP contribution >= 0.6 is 11.8 Å². The zero-order valence-corrected chi connectivity index (χ0v) is 14.0. The average molecular weight is 367 g/mol. The number of rotatable bonds is 4. The van der Waals surface area contributed by atoms with E-state index >= 15 is 0 Å². The Bertz CT molecular complexity index is 797. The number of ether oxygens (including phenoxy) is 1. The Kier molecular flexibility index (Phi) is 4.62. The van der Waals surface area contributed by atoms with Crippen LogP contribution in [0.15, 0.2) is 41.4 Å². The van der Waals surface area contributed by atoms with E-state index in [4.69, 9.17) is 4.74 Å². The van der Waals surface area contributed by atoms with Gasteiger partial charge in [-0.05, 0) is 42.7 Å². The molecule has 0 saturated heterocycles. The first-order chi connectivity index (χ1) is 11.9. The summed E-state index contributed by atoms with van der Waals surface area (Å²) in [6.07, 6.45) is -2.84. The molecule has 130 valence electrons. The molecule has 3 aromatic rings.